The molecule has 0 unspecified atom stereocenters. The lowest BCUT2D eigenvalue weighted by atomic mass is 10.2. The predicted octanol–water partition coefficient (Wildman–Crippen LogP) is 2.43. The Hall–Kier alpha value is -1.92. The summed E-state index contributed by atoms with van der Waals surface area (Å²) in [4.78, 5) is 6.82. The van der Waals surface area contributed by atoms with Gasteiger partial charge in [-0.15, -0.1) is 0 Å². The van der Waals surface area contributed by atoms with Crippen molar-refractivity contribution in [2.45, 2.75) is 25.8 Å². The van der Waals surface area contributed by atoms with Crippen LogP contribution in [0.25, 0.3) is 0 Å². The van der Waals surface area contributed by atoms with Gasteiger partial charge in [-0.3, -0.25) is 0 Å². The van der Waals surface area contributed by atoms with E-state index in [1.54, 1.807) is 0 Å². The van der Waals surface area contributed by atoms with E-state index < -0.39 is 9.84 Å². The lowest BCUT2D eigenvalue weighted by molar-refractivity contribution is 0.590. The summed E-state index contributed by atoms with van der Waals surface area (Å²) >= 11 is 0. The third-order valence-electron chi connectivity index (χ3n) is 4.70. The Morgan fingerprint density at radius 3 is 2.42 bits per heavy atom. The Labute approximate surface area is 156 Å². The summed E-state index contributed by atoms with van der Waals surface area (Å²) in [5.74, 6) is 1.40. The maximum atomic E-state index is 12.1. The number of pyridine rings is 1. The molecule has 0 amide bonds. The second kappa shape index (κ2) is 9.14. The van der Waals surface area contributed by atoms with Crippen LogP contribution in [-0.4, -0.2) is 44.5 Å². The molecule has 1 aliphatic rings. The summed E-state index contributed by atoms with van der Waals surface area (Å²) < 4.78 is 24.3. The fraction of sp³-hybridized carbons (Fsp3) is 0.450. The topological polar surface area (TPSA) is 62.3 Å². The number of hydrogen-bond donors (Lipinski definition) is 1. The molecule has 0 spiro atoms. The molecule has 1 aromatic heterocycles. The number of aromatic nitrogens is 1. The molecular weight excluding hydrogens is 346 g/mol. The first-order valence-corrected chi connectivity index (χ1v) is 11.1. The molecule has 1 fully saturated rings. The first-order chi connectivity index (χ1) is 12.6. The van der Waals surface area contributed by atoms with Crippen LogP contribution in [0.4, 0.5) is 5.82 Å². The molecule has 0 bridgehead atoms. The molecular formula is C20H27N3O2S. The summed E-state index contributed by atoms with van der Waals surface area (Å²) in [6.07, 6.45) is 4.93. The number of aryl methyl sites for hydroxylation is 1. The Balaban J connectivity index is 1.37. The number of sulfone groups is 1. The summed E-state index contributed by atoms with van der Waals surface area (Å²) in [5, 5.41) is 3.21. The van der Waals surface area contributed by atoms with Crippen LogP contribution >= 0.6 is 0 Å². The molecule has 0 aliphatic carbocycles. The van der Waals surface area contributed by atoms with Crippen LogP contribution in [0, 0.1) is 0 Å². The highest BCUT2D eigenvalue weighted by atomic mass is 32.2. The molecule has 26 heavy (non-hydrogen) atoms. The maximum Gasteiger partial charge on any atom is 0.151 e. The van der Waals surface area contributed by atoms with E-state index in [4.69, 9.17) is 0 Å². The van der Waals surface area contributed by atoms with Gasteiger partial charge in [0.2, 0.25) is 0 Å². The zero-order chi connectivity index (χ0) is 18.2. The van der Waals surface area contributed by atoms with Crippen molar-refractivity contribution in [2.24, 2.45) is 0 Å². The molecule has 1 N–H and O–H groups in total. The van der Waals surface area contributed by atoms with Crippen molar-refractivity contribution < 1.29 is 8.42 Å². The average molecular weight is 374 g/mol. The Bertz CT molecular complexity index is 770. The van der Waals surface area contributed by atoms with Crippen molar-refractivity contribution in [3.63, 3.8) is 0 Å². The number of anilines is 1. The van der Waals surface area contributed by atoms with Crippen molar-refractivity contribution >= 4 is 15.7 Å². The Kier molecular flexibility index (Phi) is 6.63. The minimum atomic E-state index is -3.04. The van der Waals surface area contributed by atoms with Crippen molar-refractivity contribution in [2.75, 3.05) is 36.0 Å². The SMILES string of the molecule is O=S(=O)(CCNCc1ccc(N2CCCC2)nc1)CCc1ccccc1. The van der Waals surface area contributed by atoms with Gasteiger partial charge >= 0.3 is 0 Å². The Morgan fingerprint density at radius 2 is 1.73 bits per heavy atom. The van der Waals surface area contributed by atoms with Gasteiger partial charge in [-0.25, -0.2) is 13.4 Å². The molecule has 5 nitrogen and oxygen atoms in total. The van der Waals surface area contributed by atoms with E-state index in [1.807, 2.05) is 36.5 Å². The quantitative estimate of drug-likeness (QED) is 0.684. The summed E-state index contributed by atoms with van der Waals surface area (Å²) in [6.45, 7) is 3.28. The smallest absolute Gasteiger partial charge is 0.151 e. The van der Waals surface area contributed by atoms with Gasteiger partial charge in [0.15, 0.2) is 9.84 Å². The van der Waals surface area contributed by atoms with Gasteiger partial charge < -0.3 is 10.2 Å². The molecule has 2 aromatic rings. The van der Waals surface area contributed by atoms with Gasteiger partial charge in [-0.05, 0) is 36.5 Å². The lowest BCUT2D eigenvalue weighted by Gasteiger charge is -2.16. The fourth-order valence-electron chi connectivity index (χ4n) is 3.14. The highest BCUT2D eigenvalue weighted by Gasteiger charge is 2.13. The summed E-state index contributed by atoms with van der Waals surface area (Å²) in [5.41, 5.74) is 2.14. The first-order valence-electron chi connectivity index (χ1n) is 9.27. The molecule has 1 saturated heterocycles. The zero-order valence-electron chi connectivity index (χ0n) is 15.1. The van der Waals surface area contributed by atoms with Crippen LogP contribution in [-0.2, 0) is 22.8 Å². The highest BCUT2D eigenvalue weighted by molar-refractivity contribution is 7.91. The van der Waals surface area contributed by atoms with Crippen LogP contribution in [0.1, 0.15) is 24.0 Å². The van der Waals surface area contributed by atoms with Crippen LogP contribution in [0.15, 0.2) is 48.7 Å². The van der Waals surface area contributed by atoms with Gasteiger partial charge in [0.1, 0.15) is 5.82 Å². The normalized spacial score (nSPS) is 14.7. The molecule has 6 heteroatoms. The molecule has 0 saturated carbocycles. The summed E-state index contributed by atoms with van der Waals surface area (Å²) in [6, 6.07) is 13.9. The van der Waals surface area contributed by atoms with Gasteiger partial charge in [-0.2, -0.15) is 0 Å². The molecule has 3 rings (SSSR count). The van der Waals surface area contributed by atoms with Gasteiger partial charge in [0.05, 0.1) is 11.5 Å². The van der Waals surface area contributed by atoms with E-state index in [0.717, 1.165) is 30.0 Å². The largest absolute Gasteiger partial charge is 0.357 e. The molecule has 140 valence electrons. The third-order valence-corrected chi connectivity index (χ3v) is 6.35. The molecule has 2 heterocycles. The monoisotopic (exact) mass is 373 g/mol. The predicted molar refractivity (Wildman–Crippen MR) is 106 cm³/mol. The third kappa shape index (κ3) is 5.81. The van der Waals surface area contributed by atoms with Crippen LogP contribution in [0.5, 0.6) is 0 Å². The molecule has 1 aliphatic heterocycles. The second-order valence-corrected chi connectivity index (χ2v) is 9.09. The number of rotatable bonds is 9. The van der Waals surface area contributed by atoms with Crippen molar-refractivity contribution in [3.8, 4) is 0 Å². The van der Waals surface area contributed by atoms with Crippen molar-refractivity contribution in [3.05, 3.63) is 59.8 Å². The van der Waals surface area contributed by atoms with Gasteiger partial charge in [-0.1, -0.05) is 36.4 Å². The van der Waals surface area contributed by atoms with Gasteiger partial charge in [0.25, 0.3) is 0 Å². The molecule has 0 radical (unpaired) electrons. The van der Waals surface area contributed by atoms with E-state index in [9.17, 15) is 8.42 Å². The van der Waals surface area contributed by atoms with E-state index >= 15 is 0 Å². The number of benzene rings is 1. The fourth-order valence-corrected chi connectivity index (χ4v) is 4.34. The van der Waals surface area contributed by atoms with Crippen LogP contribution in [0.2, 0.25) is 0 Å². The van der Waals surface area contributed by atoms with Crippen LogP contribution in [0.3, 0.4) is 0 Å². The van der Waals surface area contributed by atoms with E-state index in [-0.39, 0.29) is 11.5 Å². The average Bonchev–Trinajstić information content (AvgIpc) is 3.20. The zero-order valence-corrected chi connectivity index (χ0v) is 15.9. The number of hydrogen-bond acceptors (Lipinski definition) is 5. The minimum absolute atomic E-state index is 0.166. The Morgan fingerprint density at radius 1 is 0.962 bits per heavy atom. The van der Waals surface area contributed by atoms with E-state index in [0.29, 0.717) is 19.5 Å². The summed E-state index contributed by atoms with van der Waals surface area (Å²) in [7, 11) is -3.04. The highest BCUT2D eigenvalue weighted by Crippen LogP contribution is 2.17. The lowest BCUT2D eigenvalue weighted by Crippen LogP contribution is -2.25. The minimum Gasteiger partial charge on any atom is -0.357 e. The van der Waals surface area contributed by atoms with Gasteiger partial charge in [0, 0.05) is 32.4 Å². The second-order valence-electron chi connectivity index (χ2n) is 6.78. The maximum absolute atomic E-state index is 12.1. The van der Waals surface area contributed by atoms with Crippen LogP contribution < -0.4 is 10.2 Å². The standard InChI is InChI=1S/C20H27N3O2S/c24-26(25,14-10-18-6-2-1-3-7-18)15-11-21-16-19-8-9-20(22-17-19)23-12-4-5-13-23/h1-3,6-9,17,21H,4-5,10-16H2. The van der Waals surface area contributed by atoms with Crippen molar-refractivity contribution in [1.82, 2.24) is 10.3 Å². The first kappa shape index (κ1) is 18.9. The van der Waals surface area contributed by atoms with Crippen molar-refractivity contribution in [1.29, 1.82) is 0 Å². The molecule has 1 aromatic carbocycles. The number of nitrogens with zero attached hydrogens (tertiary/aromatic N) is 2. The van der Waals surface area contributed by atoms with E-state index in [1.165, 1.54) is 12.8 Å². The molecule has 0 atom stereocenters. The number of nitrogens with one attached hydrogen (secondary N) is 1. The van der Waals surface area contributed by atoms with E-state index in [2.05, 4.69) is 27.3 Å².